The number of anilines is 2. The standard InChI is InChI=1S/C20H22F3N3O/c1-15-5-2-3-8-18(15)26-11-9-25(10-12-26)14-19(27)24-17-7-4-6-16(13-17)20(21,22)23/h2-8,13H,9-12,14H2,1H3,(H,24,27)/p+1. The number of quaternary nitrogens is 1. The summed E-state index contributed by atoms with van der Waals surface area (Å²) in [6, 6.07) is 12.9. The molecule has 0 saturated carbocycles. The number of nitrogens with zero attached hydrogens (tertiary/aromatic N) is 1. The van der Waals surface area contributed by atoms with Gasteiger partial charge in [-0.25, -0.2) is 0 Å². The second-order valence-electron chi connectivity index (χ2n) is 6.83. The fourth-order valence-corrected chi connectivity index (χ4v) is 3.36. The molecule has 0 radical (unpaired) electrons. The summed E-state index contributed by atoms with van der Waals surface area (Å²) in [4.78, 5) is 15.7. The molecule has 2 aromatic carbocycles. The molecular formula is C20H23F3N3O+. The topological polar surface area (TPSA) is 36.8 Å². The molecule has 0 aliphatic carbocycles. The molecule has 0 aromatic heterocycles. The SMILES string of the molecule is Cc1ccccc1N1CC[NH+](CC(=O)Nc2cccc(C(F)(F)F)c2)CC1. The van der Waals surface area contributed by atoms with E-state index in [1.165, 1.54) is 23.4 Å². The Kier molecular flexibility index (Phi) is 5.70. The first-order valence-corrected chi connectivity index (χ1v) is 8.94. The third-order valence-corrected chi connectivity index (χ3v) is 4.81. The molecule has 0 unspecified atom stereocenters. The Bertz CT molecular complexity index is 799. The summed E-state index contributed by atoms with van der Waals surface area (Å²) in [5.74, 6) is -0.270. The minimum atomic E-state index is -4.42. The van der Waals surface area contributed by atoms with Crippen LogP contribution in [-0.2, 0) is 11.0 Å². The molecule has 3 rings (SSSR count). The van der Waals surface area contributed by atoms with Gasteiger partial charge in [-0.15, -0.1) is 0 Å². The van der Waals surface area contributed by atoms with Gasteiger partial charge in [-0.05, 0) is 36.8 Å². The second kappa shape index (κ2) is 8.00. The van der Waals surface area contributed by atoms with Gasteiger partial charge < -0.3 is 15.1 Å². The first-order chi connectivity index (χ1) is 12.8. The smallest absolute Gasteiger partial charge is 0.360 e. The molecule has 4 nitrogen and oxygen atoms in total. The predicted octanol–water partition coefficient (Wildman–Crippen LogP) is 2.36. The van der Waals surface area contributed by atoms with Gasteiger partial charge in [-0.2, -0.15) is 13.2 Å². The minimum Gasteiger partial charge on any atom is -0.360 e. The quantitative estimate of drug-likeness (QED) is 0.857. The van der Waals surface area contributed by atoms with Crippen molar-refractivity contribution >= 4 is 17.3 Å². The Morgan fingerprint density at radius 2 is 1.81 bits per heavy atom. The van der Waals surface area contributed by atoms with E-state index < -0.39 is 11.7 Å². The number of amides is 1. The number of aryl methyl sites for hydroxylation is 1. The molecule has 1 heterocycles. The van der Waals surface area contributed by atoms with Crippen LogP contribution in [0, 0.1) is 6.92 Å². The minimum absolute atomic E-state index is 0.174. The number of halogens is 3. The highest BCUT2D eigenvalue weighted by Gasteiger charge is 2.30. The molecule has 1 fully saturated rings. The molecule has 1 amide bonds. The lowest BCUT2D eigenvalue weighted by atomic mass is 10.1. The van der Waals surface area contributed by atoms with Crippen LogP contribution >= 0.6 is 0 Å². The van der Waals surface area contributed by atoms with E-state index in [1.807, 2.05) is 12.1 Å². The van der Waals surface area contributed by atoms with Crippen LogP contribution in [0.4, 0.5) is 24.5 Å². The molecule has 0 spiro atoms. The van der Waals surface area contributed by atoms with Crippen LogP contribution in [0.25, 0.3) is 0 Å². The van der Waals surface area contributed by atoms with Gasteiger partial charge >= 0.3 is 6.18 Å². The fraction of sp³-hybridized carbons (Fsp3) is 0.350. The molecule has 27 heavy (non-hydrogen) atoms. The lowest BCUT2D eigenvalue weighted by Crippen LogP contribution is -3.15. The largest absolute Gasteiger partial charge is 0.416 e. The Labute approximate surface area is 156 Å². The molecule has 7 heteroatoms. The number of carbonyl (C=O) groups is 1. The van der Waals surface area contributed by atoms with E-state index in [9.17, 15) is 18.0 Å². The number of carbonyl (C=O) groups excluding carboxylic acids is 1. The number of para-hydroxylation sites is 1. The summed E-state index contributed by atoms with van der Waals surface area (Å²) in [6.07, 6.45) is -4.42. The number of hydrogen-bond acceptors (Lipinski definition) is 2. The summed E-state index contributed by atoms with van der Waals surface area (Å²) < 4.78 is 38.3. The van der Waals surface area contributed by atoms with Crippen molar-refractivity contribution in [2.24, 2.45) is 0 Å². The van der Waals surface area contributed by atoms with Gasteiger partial charge in [0.15, 0.2) is 6.54 Å². The maximum absolute atomic E-state index is 12.8. The molecule has 1 aliphatic rings. The van der Waals surface area contributed by atoms with E-state index in [-0.39, 0.29) is 18.1 Å². The van der Waals surface area contributed by atoms with Gasteiger partial charge in [0.05, 0.1) is 31.7 Å². The van der Waals surface area contributed by atoms with Gasteiger partial charge in [0.25, 0.3) is 5.91 Å². The zero-order chi connectivity index (χ0) is 19.4. The lowest BCUT2D eigenvalue weighted by Gasteiger charge is -2.34. The number of piperazine rings is 1. The summed E-state index contributed by atoms with van der Waals surface area (Å²) in [5.41, 5.74) is 1.85. The highest BCUT2D eigenvalue weighted by Crippen LogP contribution is 2.30. The zero-order valence-corrected chi connectivity index (χ0v) is 15.1. The zero-order valence-electron chi connectivity index (χ0n) is 15.1. The van der Waals surface area contributed by atoms with Crippen LogP contribution < -0.4 is 15.1 Å². The molecule has 1 saturated heterocycles. The van der Waals surface area contributed by atoms with Crippen molar-refractivity contribution < 1.29 is 22.9 Å². The molecule has 0 atom stereocenters. The molecule has 2 N–H and O–H groups in total. The fourth-order valence-electron chi connectivity index (χ4n) is 3.36. The number of rotatable bonds is 4. The predicted molar refractivity (Wildman–Crippen MR) is 99.0 cm³/mol. The number of alkyl halides is 3. The molecule has 0 bridgehead atoms. The number of benzene rings is 2. The summed E-state index contributed by atoms with van der Waals surface area (Å²) in [7, 11) is 0. The normalized spacial score (nSPS) is 15.6. The van der Waals surface area contributed by atoms with E-state index in [2.05, 4.69) is 29.3 Å². The van der Waals surface area contributed by atoms with E-state index in [0.717, 1.165) is 43.2 Å². The highest BCUT2D eigenvalue weighted by atomic mass is 19.4. The van der Waals surface area contributed by atoms with E-state index >= 15 is 0 Å². The highest BCUT2D eigenvalue weighted by molar-refractivity contribution is 5.91. The first kappa shape index (κ1) is 19.2. The van der Waals surface area contributed by atoms with E-state index in [0.29, 0.717) is 0 Å². The average molecular weight is 378 g/mol. The van der Waals surface area contributed by atoms with Crippen molar-refractivity contribution in [3.05, 3.63) is 59.7 Å². The Morgan fingerprint density at radius 1 is 1.11 bits per heavy atom. The van der Waals surface area contributed by atoms with Gasteiger partial charge in [-0.3, -0.25) is 4.79 Å². The maximum Gasteiger partial charge on any atom is 0.416 e. The third kappa shape index (κ3) is 5.01. The Morgan fingerprint density at radius 3 is 2.48 bits per heavy atom. The number of hydrogen-bond donors (Lipinski definition) is 2. The van der Waals surface area contributed by atoms with Crippen molar-refractivity contribution in [1.82, 2.24) is 0 Å². The van der Waals surface area contributed by atoms with Crippen LogP contribution in [-0.4, -0.2) is 38.6 Å². The summed E-state index contributed by atoms with van der Waals surface area (Å²) in [5, 5.41) is 2.58. The third-order valence-electron chi connectivity index (χ3n) is 4.81. The molecule has 1 aliphatic heterocycles. The van der Waals surface area contributed by atoms with Crippen molar-refractivity contribution in [2.45, 2.75) is 13.1 Å². The van der Waals surface area contributed by atoms with Crippen LogP contribution in [0.1, 0.15) is 11.1 Å². The van der Waals surface area contributed by atoms with Crippen molar-refractivity contribution in [3.63, 3.8) is 0 Å². The summed E-state index contributed by atoms with van der Waals surface area (Å²) in [6.45, 7) is 5.64. The van der Waals surface area contributed by atoms with Crippen LogP contribution in [0.3, 0.4) is 0 Å². The Hall–Kier alpha value is -2.54. The van der Waals surface area contributed by atoms with Crippen LogP contribution in [0.5, 0.6) is 0 Å². The van der Waals surface area contributed by atoms with E-state index in [1.54, 1.807) is 0 Å². The van der Waals surface area contributed by atoms with Crippen LogP contribution in [0.2, 0.25) is 0 Å². The van der Waals surface area contributed by atoms with Crippen molar-refractivity contribution in [2.75, 3.05) is 42.9 Å². The van der Waals surface area contributed by atoms with Gasteiger partial charge in [0.2, 0.25) is 0 Å². The second-order valence-corrected chi connectivity index (χ2v) is 6.83. The van der Waals surface area contributed by atoms with E-state index in [4.69, 9.17) is 0 Å². The van der Waals surface area contributed by atoms with Crippen molar-refractivity contribution in [3.8, 4) is 0 Å². The monoisotopic (exact) mass is 378 g/mol. The Balaban J connectivity index is 1.52. The molecule has 144 valence electrons. The first-order valence-electron chi connectivity index (χ1n) is 8.94. The summed E-state index contributed by atoms with van der Waals surface area (Å²) >= 11 is 0. The average Bonchev–Trinajstić information content (AvgIpc) is 2.62. The van der Waals surface area contributed by atoms with Gasteiger partial charge in [0, 0.05) is 11.4 Å². The maximum atomic E-state index is 12.8. The van der Waals surface area contributed by atoms with Gasteiger partial charge in [-0.1, -0.05) is 24.3 Å². The van der Waals surface area contributed by atoms with Crippen molar-refractivity contribution in [1.29, 1.82) is 0 Å². The molecular weight excluding hydrogens is 355 g/mol. The van der Waals surface area contributed by atoms with Crippen LogP contribution in [0.15, 0.2) is 48.5 Å². The lowest BCUT2D eigenvalue weighted by molar-refractivity contribution is -0.892. The van der Waals surface area contributed by atoms with Gasteiger partial charge in [0.1, 0.15) is 0 Å². The molecule has 2 aromatic rings. The number of nitrogens with one attached hydrogen (secondary N) is 2.